The highest BCUT2D eigenvalue weighted by Gasteiger charge is 2.19. The van der Waals surface area contributed by atoms with E-state index in [1.165, 1.54) is 16.8 Å². The van der Waals surface area contributed by atoms with Crippen molar-refractivity contribution in [2.24, 2.45) is 5.14 Å². The van der Waals surface area contributed by atoms with E-state index in [4.69, 9.17) is 10.1 Å². The molecule has 0 saturated heterocycles. The number of nitrogens with two attached hydrogens (primary N) is 1. The molecular weight excluding hydrogens is 441 g/mol. The minimum Gasteiger partial charge on any atom is -0.261 e. The number of hydrogen-bond donors (Lipinski definition) is 1. The lowest BCUT2D eigenvalue weighted by Gasteiger charge is -2.11. The van der Waals surface area contributed by atoms with Gasteiger partial charge < -0.3 is 0 Å². The van der Waals surface area contributed by atoms with Gasteiger partial charge in [-0.05, 0) is 67.3 Å². The third kappa shape index (κ3) is 5.15. The van der Waals surface area contributed by atoms with Gasteiger partial charge in [0, 0.05) is 24.7 Å². The summed E-state index contributed by atoms with van der Waals surface area (Å²) in [5.74, 6) is 0.364. The summed E-state index contributed by atoms with van der Waals surface area (Å²) in [7, 11) is -4.02. The van der Waals surface area contributed by atoms with E-state index in [1.54, 1.807) is 6.20 Å². The second kappa shape index (κ2) is 9.21. The number of nitrogens with zero attached hydrogens (tertiary/aromatic N) is 4. The van der Waals surface area contributed by atoms with Crippen molar-refractivity contribution < 1.29 is 12.8 Å². The Labute approximate surface area is 192 Å². The van der Waals surface area contributed by atoms with Crippen LogP contribution in [0.5, 0.6) is 0 Å². The molecule has 9 heteroatoms. The number of benzene rings is 2. The van der Waals surface area contributed by atoms with Gasteiger partial charge in [0.15, 0.2) is 5.82 Å². The monoisotopic (exact) mass is 465 g/mol. The Morgan fingerprint density at radius 1 is 1.03 bits per heavy atom. The normalized spacial score (nSPS) is 11.6. The van der Waals surface area contributed by atoms with Crippen molar-refractivity contribution in [1.82, 2.24) is 19.7 Å². The van der Waals surface area contributed by atoms with Gasteiger partial charge in [-0.15, -0.1) is 0 Å². The number of rotatable bonds is 7. The molecule has 0 unspecified atom stereocenters. The number of primary sulfonamides is 1. The van der Waals surface area contributed by atoms with E-state index in [9.17, 15) is 12.8 Å². The van der Waals surface area contributed by atoms with Crippen LogP contribution in [0.4, 0.5) is 4.39 Å². The molecule has 2 heterocycles. The summed E-state index contributed by atoms with van der Waals surface area (Å²) in [5, 5.41) is 9.69. The molecule has 0 aliphatic carbocycles. The summed E-state index contributed by atoms with van der Waals surface area (Å²) >= 11 is 0. The lowest BCUT2D eigenvalue weighted by Crippen LogP contribution is -2.13. The summed E-state index contributed by atoms with van der Waals surface area (Å²) in [6.07, 6.45) is 3.34. The third-order valence-corrected chi connectivity index (χ3v) is 6.50. The first-order chi connectivity index (χ1) is 15.7. The Morgan fingerprint density at radius 2 is 1.85 bits per heavy atom. The van der Waals surface area contributed by atoms with Crippen molar-refractivity contribution in [3.63, 3.8) is 0 Å². The van der Waals surface area contributed by atoms with Crippen LogP contribution in [-0.2, 0) is 29.3 Å². The Bertz CT molecular complexity index is 1400. The number of sulfonamides is 1. The first kappa shape index (κ1) is 22.8. The van der Waals surface area contributed by atoms with Crippen LogP contribution in [0, 0.1) is 19.7 Å². The molecular formula is C24H24FN5O2S. The van der Waals surface area contributed by atoms with E-state index in [2.05, 4.69) is 10.1 Å². The summed E-state index contributed by atoms with van der Waals surface area (Å²) in [6, 6.07) is 15.3. The van der Waals surface area contributed by atoms with E-state index < -0.39 is 15.8 Å². The second-order valence-electron chi connectivity index (χ2n) is 7.87. The lowest BCUT2D eigenvalue weighted by molar-refractivity contribution is 0.586. The second-order valence-corrected chi connectivity index (χ2v) is 9.43. The summed E-state index contributed by atoms with van der Waals surface area (Å²) in [6.45, 7) is 4.07. The Balaban J connectivity index is 1.74. The van der Waals surface area contributed by atoms with Gasteiger partial charge in [-0.1, -0.05) is 24.3 Å². The molecule has 2 aromatic carbocycles. The van der Waals surface area contributed by atoms with E-state index in [1.807, 2.05) is 50.2 Å². The molecule has 170 valence electrons. The van der Waals surface area contributed by atoms with Crippen molar-refractivity contribution in [1.29, 1.82) is 0 Å². The zero-order valence-corrected chi connectivity index (χ0v) is 19.2. The molecule has 2 N–H and O–H groups in total. The number of aromatic nitrogens is 4. The molecule has 0 spiro atoms. The lowest BCUT2D eigenvalue weighted by atomic mass is 10.0. The smallest absolute Gasteiger partial charge is 0.238 e. The zero-order valence-electron chi connectivity index (χ0n) is 18.4. The number of aryl methyl sites for hydroxylation is 3. The fourth-order valence-electron chi connectivity index (χ4n) is 3.60. The first-order valence-electron chi connectivity index (χ1n) is 10.4. The molecule has 0 fully saturated rings. The molecule has 0 aliphatic rings. The highest BCUT2D eigenvalue weighted by atomic mass is 32.2. The molecule has 0 saturated carbocycles. The average Bonchev–Trinajstić information content (AvgIpc) is 3.18. The van der Waals surface area contributed by atoms with Gasteiger partial charge in [0.25, 0.3) is 0 Å². The van der Waals surface area contributed by atoms with Gasteiger partial charge in [0.2, 0.25) is 10.0 Å². The van der Waals surface area contributed by atoms with Gasteiger partial charge in [-0.25, -0.2) is 27.6 Å². The standard InChI is InChI=1S/C24H24FN5O2S/c1-16-6-5-7-18(17(16)2)14-24-28-23(12-9-19-8-3-4-13-27-19)29-30(24)22-11-10-20(15-21(22)25)33(26,31)32/h3-8,10-11,13,15H,9,12,14H2,1-2H3,(H2,26,31,32). The van der Waals surface area contributed by atoms with Crippen LogP contribution in [-0.4, -0.2) is 28.2 Å². The maximum Gasteiger partial charge on any atom is 0.238 e. The van der Waals surface area contributed by atoms with Crippen LogP contribution in [0.15, 0.2) is 65.7 Å². The highest BCUT2D eigenvalue weighted by molar-refractivity contribution is 7.89. The van der Waals surface area contributed by atoms with Gasteiger partial charge in [-0.3, -0.25) is 4.98 Å². The predicted octanol–water partition coefficient (Wildman–Crippen LogP) is 3.44. The van der Waals surface area contributed by atoms with E-state index in [-0.39, 0.29) is 10.6 Å². The fraction of sp³-hybridized carbons (Fsp3) is 0.208. The molecule has 7 nitrogen and oxygen atoms in total. The van der Waals surface area contributed by atoms with Crippen LogP contribution in [0.2, 0.25) is 0 Å². The third-order valence-electron chi connectivity index (χ3n) is 5.59. The molecule has 33 heavy (non-hydrogen) atoms. The predicted molar refractivity (Wildman–Crippen MR) is 123 cm³/mol. The number of halogens is 1. The maximum absolute atomic E-state index is 15.0. The molecule has 0 aliphatic heterocycles. The van der Waals surface area contributed by atoms with Gasteiger partial charge in [-0.2, -0.15) is 5.10 Å². The SMILES string of the molecule is Cc1cccc(Cc2nc(CCc3ccccn3)nn2-c2ccc(S(N)(=O)=O)cc2F)c1C. The number of hydrogen-bond acceptors (Lipinski definition) is 5. The quantitative estimate of drug-likeness (QED) is 0.450. The topological polar surface area (TPSA) is 104 Å². The van der Waals surface area contributed by atoms with Gasteiger partial charge >= 0.3 is 0 Å². The summed E-state index contributed by atoms with van der Waals surface area (Å²) in [4.78, 5) is 8.72. The fourth-order valence-corrected chi connectivity index (χ4v) is 4.13. The van der Waals surface area contributed by atoms with Crippen molar-refractivity contribution >= 4 is 10.0 Å². The van der Waals surface area contributed by atoms with Crippen LogP contribution < -0.4 is 5.14 Å². The minimum absolute atomic E-state index is 0.110. The highest BCUT2D eigenvalue weighted by Crippen LogP contribution is 2.22. The van der Waals surface area contributed by atoms with Crippen LogP contribution in [0.3, 0.4) is 0 Å². The van der Waals surface area contributed by atoms with Crippen molar-refractivity contribution in [3.8, 4) is 5.69 Å². The maximum atomic E-state index is 15.0. The van der Waals surface area contributed by atoms with Crippen molar-refractivity contribution in [2.45, 2.75) is 38.0 Å². The van der Waals surface area contributed by atoms with E-state index in [0.717, 1.165) is 28.5 Å². The largest absolute Gasteiger partial charge is 0.261 e. The number of pyridine rings is 1. The summed E-state index contributed by atoms with van der Waals surface area (Å²) in [5.41, 5.74) is 4.36. The molecule has 2 aromatic heterocycles. The van der Waals surface area contributed by atoms with Crippen LogP contribution >= 0.6 is 0 Å². The molecule has 0 atom stereocenters. The van der Waals surface area contributed by atoms with Crippen LogP contribution in [0.25, 0.3) is 5.69 Å². The molecule has 4 aromatic rings. The Kier molecular flexibility index (Phi) is 6.35. The zero-order chi connectivity index (χ0) is 23.6. The van der Waals surface area contributed by atoms with Gasteiger partial charge in [0.1, 0.15) is 17.3 Å². The van der Waals surface area contributed by atoms with Crippen LogP contribution in [0.1, 0.15) is 34.0 Å². The van der Waals surface area contributed by atoms with E-state index >= 15 is 0 Å². The van der Waals surface area contributed by atoms with Crippen molar-refractivity contribution in [3.05, 3.63) is 101 Å². The van der Waals surface area contributed by atoms with E-state index in [0.29, 0.717) is 30.9 Å². The van der Waals surface area contributed by atoms with Gasteiger partial charge in [0.05, 0.1) is 4.90 Å². The molecule has 0 radical (unpaired) electrons. The average molecular weight is 466 g/mol. The minimum atomic E-state index is -4.02. The molecule has 4 rings (SSSR count). The summed E-state index contributed by atoms with van der Waals surface area (Å²) < 4.78 is 39.6. The Morgan fingerprint density at radius 3 is 2.55 bits per heavy atom. The molecule has 0 amide bonds. The first-order valence-corrected chi connectivity index (χ1v) is 12.0. The Hall–Kier alpha value is -3.43. The van der Waals surface area contributed by atoms with Crippen molar-refractivity contribution in [2.75, 3.05) is 0 Å². The molecule has 0 bridgehead atoms.